The molecule has 0 fully saturated rings. The molecule has 0 bridgehead atoms. The van der Waals surface area contributed by atoms with E-state index < -0.39 is 15.7 Å². The van der Waals surface area contributed by atoms with Crippen molar-refractivity contribution in [3.63, 3.8) is 0 Å². The van der Waals surface area contributed by atoms with Crippen molar-refractivity contribution in [3.8, 4) is 0 Å². The van der Waals surface area contributed by atoms with Gasteiger partial charge in [-0.3, -0.25) is 0 Å². The van der Waals surface area contributed by atoms with Gasteiger partial charge < -0.3 is 18.8 Å². The zero-order valence-electron chi connectivity index (χ0n) is 17.6. The fraction of sp³-hybridized carbons (Fsp3) is 1.00. The van der Waals surface area contributed by atoms with Crippen LogP contribution in [0, 0.1) is 0 Å². The Kier molecular flexibility index (Phi) is 12.8. The number of unbranched alkanes of at least 4 members (excludes halogenated alkanes) is 8. The second-order valence-corrected chi connectivity index (χ2v) is 16.9. The largest absolute Gasteiger partial charge is 0.779 e. The molecule has 152 valence electrons. The van der Waals surface area contributed by atoms with Gasteiger partial charge in [0.15, 0.2) is 0 Å². The lowest BCUT2D eigenvalue weighted by molar-refractivity contribution is -0.890. The summed E-state index contributed by atoms with van der Waals surface area (Å²) in [5.41, 5.74) is 0. The monoisotopic (exact) mass is 393 g/mol. The summed E-state index contributed by atoms with van der Waals surface area (Å²) in [7, 11) is -0.605. The summed E-state index contributed by atoms with van der Waals surface area (Å²) >= 11 is 0. The van der Waals surface area contributed by atoms with Crippen LogP contribution in [-0.4, -0.2) is 50.8 Å². The third-order valence-electron chi connectivity index (χ3n) is 4.89. The highest BCUT2D eigenvalue weighted by Crippen LogP contribution is 2.29. The third-order valence-corrected chi connectivity index (χ3v) is 7.63. The maximum Gasteiger partial charge on any atom is 0.132 e. The first-order chi connectivity index (χ1) is 11.4. The molecule has 0 spiro atoms. The number of rotatable bonds is 16. The highest BCUT2D eigenvalue weighted by atomic mass is 31.2. The average Bonchev–Trinajstić information content (AvgIpc) is 2.41. The summed E-state index contributed by atoms with van der Waals surface area (Å²) in [5, 5.41) is 0. The summed E-state index contributed by atoms with van der Waals surface area (Å²) in [4.78, 5) is 19.6. The van der Waals surface area contributed by atoms with Crippen molar-refractivity contribution in [3.05, 3.63) is 0 Å². The topological polar surface area (TPSA) is 60.4 Å². The molecule has 25 heavy (non-hydrogen) atoms. The van der Waals surface area contributed by atoms with Crippen LogP contribution in [0.25, 0.3) is 0 Å². The fourth-order valence-corrected chi connectivity index (χ4v) is 5.09. The zero-order valence-corrected chi connectivity index (χ0v) is 19.5. The van der Waals surface area contributed by atoms with E-state index in [2.05, 4.69) is 33.7 Å². The number of quaternary nitrogens is 1. The minimum absolute atomic E-state index is 0.0907. The molecule has 0 aromatic heterocycles. The van der Waals surface area contributed by atoms with Crippen molar-refractivity contribution in [1.82, 2.24) is 0 Å². The van der Waals surface area contributed by atoms with E-state index in [9.17, 15) is 9.46 Å². The fourth-order valence-electron chi connectivity index (χ4n) is 3.24. The van der Waals surface area contributed by atoms with Crippen LogP contribution in [0.2, 0.25) is 25.7 Å². The molecule has 0 radical (unpaired) electrons. The maximum atomic E-state index is 10.8. The second kappa shape index (κ2) is 12.7. The van der Waals surface area contributed by atoms with E-state index >= 15 is 0 Å². The van der Waals surface area contributed by atoms with Crippen molar-refractivity contribution >= 4 is 15.7 Å². The molecule has 0 aliphatic carbocycles. The van der Waals surface area contributed by atoms with E-state index in [-0.39, 0.29) is 6.16 Å². The second-order valence-electron chi connectivity index (χ2n) is 9.59. The first-order valence-corrected chi connectivity index (χ1v) is 15.7. The predicted molar refractivity (Wildman–Crippen MR) is 111 cm³/mol. The van der Waals surface area contributed by atoms with E-state index in [1.807, 2.05) is 0 Å². The molecule has 1 N–H and O–H groups in total. The molecular formula is C19H44NO3PSi. The summed E-state index contributed by atoms with van der Waals surface area (Å²) < 4.78 is 11.6. The minimum atomic E-state index is -4.07. The van der Waals surface area contributed by atoms with Gasteiger partial charge in [-0.05, 0) is 12.8 Å². The Labute approximate surface area is 158 Å². The van der Waals surface area contributed by atoms with Crippen LogP contribution in [0.3, 0.4) is 0 Å². The highest BCUT2D eigenvalue weighted by molar-refractivity contribution is 7.50. The van der Waals surface area contributed by atoms with Crippen LogP contribution in [0.15, 0.2) is 0 Å². The molecule has 6 heteroatoms. The quantitative estimate of drug-likeness (QED) is 0.176. The van der Waals surface area contributed by atoms with Gasteiger partial charge in [-0.15, -0.1) is 0 Å². The molecular weight excluding hydrogens is 349 g/mol. The molecule has 0 aliphatic rings. The van der Waals surface area contributed by atoms with E-state index in [1.54, 1.807) is 0 Å². The van der Waals surface area contributed by atoms with E-state index in [4.69, 9.17) is 4.89 Å². The lowest BCUT2D eigenvalue weighted by atomic mass is 10.1. The van der Waals surface area contributed by atoms with Gasteiger partial charge in [0.2, 0.25) is 0 Å². The van der Waals surface area contributed by atoms with E-state index in [0.29, 0.717) is 6.42 Å². The summed E-state index contributed by atoms with van der Waals surface area (Å²) in [6, 6.07) is 1.48. The van der Waals surface area contributed by atoms with Crippen molar-refractivity contribution in [2.45, 2.75) is 89.9 Å². The van der Waals surface area contributed by atoms with Gasteiger partial charge in [0.25, 0.3) is 0 Å². The molecule has 0 heterocycles. The van der Waals surface area contributed by atoms with Crippen LogP contribution >= 0.6 is 7.60 Å². The molecule has 0 aliphatic heterocycles. The zero-order chi connectivity index (χ0) is 19.4. The molecule has 1 atom stereocenters. The van der Waals surface area contributed by atoms with Gasteiger partial charge in [-0.2, -0.15) is 0 Å². The average molecular weight is 394 g/mol. The Balaban J connectivity index is 3.43. The molecule has 0 aromatic rings. The summed E-state index contributed by atoms with van der Waals surface area (Å²) in [6.07, 6.45) is 12.6. The first-order valence-electron chi connectivity index (χ1n) is 10.3. The van der Waals surface area contributed by atoms with E-state index in [1.165, 1.54) is 63.8 Å². The Morgan fingerprint density at radius 2 is 1.20 bits per heavy atom. The molecule has 0 rings (SSSR count). The Morgan fingerprint density at radius 3 is 1.64 bits per heavy atom. The lowest BCUT2D eigenvalue weighted by Crippen LogP contribution is -2.41. The van der Waals surface area contributed by atoms with Gasteiger partial charge >= 0.3 is 0 Å². The summed E-state index contributed by atoms with van der Waals surface area (Å²) in [6.45, 7) is 9.28. The van der Waals surface area contributed by atoms with Gasteiger partial charge in [0, 0.05) is 20.7 Å². The van der Waals surface area contributed by atoms with Gasteiger partial charge in [-0.1, -0.05) is 70.6 Å². The van der Waals surface area contributed by atoms with Crippen LogP contribution < -0.4 is 4.89 Å². The van der Waals surface area contributed by atoms with Crippen LogP contribution in [0.5, 0.6) is 0 Å². The SMILES string of the molecule is C[N+](C)(CCCCCCCCCCC[Si](C)(C)C)CCCP(=O)([O-])O. The number of nitrogens with zero attached hydrogens (tertiary/aromatic N) is 1. The van der Waals surface area contributed by atoms with Crippen LogP contribution in [0.1, 0.15) is 64.2 Å². The smallest absolute Gasteiger partial charge is 0.132 e. The maximum absolute atomic E-state index is 10.8. The van der Waals surface area contributed by atoms with Crippen molar-refractivity contribution in [2.24, 2.45) is 0 Å². The van der Waals surface area contributed by atoms with Crippen molar-refractivity contribution in [1.29, 1.82) is 0 Å². The number of hydrogen-bond acceptors (Lipinski definition) is 2. The van der Waals surface area contributed by atoms with E-state index in [0.717, 1.165) is 17.6 Å². The third kappa shape index (κ3) is 20.5. The standard InChI is InChI=1S/C19H44NO3PSi/c1-20(2,17-15-18-24(21,22)23)16-13-11-9-7-6-8-10-12-14-19-25(3,4)5/h6-19H2,1-5H3,(H-,21,22,23). The molecule has 1 unspecified atom stereocenters. The predicted octanol–water partition coefficient (Wildman–Crippen LogP) is 4.85. The summed E-state index contributed by atoms with van der Waals surface area (Å²) in [5.74, 6) is 0. The molecule has 0 saturated carbocycles. The van der Waals surface area contributed by atoms with Gasteiger partial charge in [-0.25, -0.2) is 0 Å². The molecule has 0 amide bonds. The van der Waals surface area contributed by atoms with Crippen molar-refractivity contribution < 1.29 is 18.8 Å². The van der Waals surface area contributed by atoms with Gasteiger partial charge in [0.1, 0.15) is 7.60 Å². The Bertz CT molecular complexity index is 377. The Morgan fingerprint density at radius 1 is 0.800 bits per heavy atom. The lowest BCUT2D eigenvalue weighted by Gasteiger charge is -2.30. The van der Waals surface area contributed by atoms with Crippen LogP contribution in [-0.2, 0) is 4.57 Å². The molecule has 0 aromatic carbocycles. The van der Waals surface area contributed by atoms with Crippen molar-refractivity contribution in [2.75, 3.05) is 33.3 Å². The van der Waals surface area contributed by atoms with Gasteiger partial charge in [0.05, 0.1) is 27.2 Å². The highest BCUT2D eigenvalue weighted by Gasteiger charge is 2.15. The first kappa shape index (κ1) is 25.3. The normalized spacial score (nSPS) is 15.3. The van der Waals surface area contributed by atoms with Crippen LogP contribution in [0.4, 0.5) is 0 Å². The molecule has 0 saturated heterocycles. The number of hydrogen-bond donors (Lipinski definition) is 1. The minimum Gasteiger partial charge on any atom is -0.779 e. The molecule has 4 nitrogen and oxygen atoms in total. The Hall–Kier alpha value is 0.327.